The SMILES string of the molecule is Cc1ccc(Oc2cncc(Oc3ccc(C)cc3)c2C=O)cc1. The molecule has 3 aromatic rings. The molecule has 0 saturated heterocycles. The Labute approximate surface area is 140 Å². The molecule has 0 unspecified atom stereocenters. The summed E-state index contributed by atoms with van der Waals surface area (Å²) in [5, 5.41) is 0. The molecule has 0 fully saturated rings. The van der Waals surface area contributed by atoms with E-state index in [1.54, 1.807) is 0 Å². The maximum absolute atomic E-state index is 11.5. The molecule has 0 radical (unpaired) electrons. The predicted molar refractivity (Wildman–Crippen MR) is 92.1 cm³/mol. The minimum atomic E-state index is 0.325. The number of aldehydes is 1. The highest BCUT2D eigenvalue weighted by Crippen LogP contribution is 2.32. The lowest BCUT2D eigenvalue weighted by molar-refractivity contribution is 0.111. The number of pyridine rings is 1. The number of ether oxygens (including phenoxy) is 2. The zero-order chi connectivity index (χ0) is 16.9. The molecule has 4 heteroatoms. The van der Waals surface area contributed by atoms with E-state index in [2.05, 4.69) is 4.98 Å². The van der Waals surface area contributed by atoms with Gasteiger partial charge in [0.05, 0.1) is 12.4 Å². The second kappa shape index (κ2) is 6.96. The van der Waals surface area contributed by atoms with Crippen LogP contribution >= 0.6 is 0 Å². The Balaban J connectivity index is 1.89. The fraction of sp³-hybridized carbons (Fsp3) is 0.100. The van der Waals surface area contributed by atoms with Gasteiger partial charge < -0.3 is 9.47 Å². The molecule has 120 valence electrons. The summed E-state index contributed by atoms with van der Waals surface area (Å²) in [6.07, 6.45) is 3.73. The highest BCUT2D eigenvalue weighted by Gasteiger charge is 2.13. The summed E-state index contributed by atoms with van der Waals surface area (Å²) < 4.78 is 11.6. The number of benzene rings is 2. The van der Waals surface area contributed by atoms with Gasteiger partial charge in [0.25, 0.3) is 0 Å². The van der Waals surface area contributed by atoms with E-state index in [0.29, 0.717) is 34.8 Å². The minimum Gasteiger partial charge on any atom is -0.455 e. The number of hydrogen-bond donors (Lipinski definition) is 0. The Bertz CT molecular complexity index is 774. The maximum atomic E-state index is 11.5. The normalized spacial score (nSPS) is 10.2. The predicted octanol–water partition coefficient (Wildman–Crippen LogP) is 5.10. The minimum absolute atomic E-state index is 0.325. The van der Waals surface area contributed by atoms with E-state index >= 15 is 0 Å². The first kappa shape index (κ1) is 15.7. The molecule has 0 aliphatic heterocycles. The van der Waals surface area contributed by atoms with E-state index in [0.717, 1.165) is 11.1 Å². The average Bonchev–Trinajstić information content (AvgIpc) is 2.59. The fourth-order valence-corrected chi connectivity index (χ4v) is 2.18. The molecule has 0 N–H and O–H groups in total. The van der Waals surface area contributed by atoms with Gasteiger partial charge >= 0.3 is 0 Å². The van der Waals surface area contributed by atoms with E-state index in [4.69, 9.17) is 9.47 Å². The zero-order valence-electron chi connectivity index (χ0n) is 13.5. The average molecular weight is 319 g/mol. The molecule has 0 spiro atoms. The summed E-state index contributed by atoms with van der Waals surface area (Å²) in [7, 11) is 0. The van der Waals surface area contributed by atoms with Crippen molar-refractivity contribution in [3.05, 3.63) is 77.6 Å². The van der Waals surface area contributed by atoms with Gasteiger partial charge in [-0.3, -0.25) is 9.78 Å². The van der Waals surface area contributed by atoms with Gasteiger partial charge in [0.1, 0.15) is 17.1 Å². The van der Waals surface area contributed by atoms with Crippen molar-refractivity contribution in [3.63, 3.8) is 0 Å². The molecule has 1 aromatic heterocycles. The summed E-state index contributed by atoms with van der Waals surface area (Å²) in [4.78, 5) is 15.7. The summed E-state index contributed by atoms with van der Waals surface area (Å²) in [5.74, 6) is 1.99. The first-order valence-electron chi connectivity index (χ1n) is 7.58. The van der Waals surface area contributed by atoms with Gasteiger partial charge in [0.2, 0.25) is 0 Å². The molecular formula is C20H17NO3. The Kier molecular flexibility index (Phi) is 4.57. The monoisotopic (exact) mass is 319 g/mol. The summed E-state index contributed by atoms with van der Waals surface area (Å²) in [5.41, 5.74) is 2.59. The van der Waals surface area contributed by atoms with Gasteiger partial charge in [-0.1, -0.05) is 35.4 Å². The number of carbonyl (C=O) groups excluding carboxylic acids is 1. The van der Waals surface area contributed by atoms with Crippen molar-refractivity contribution in [2.75, 3.05) is 0 Å². The maximum Gasteiger partial charge on any atom is 0.159 e. The molecule has 4 nitrogen and oxygen atoms in total. The standard InChI is InChI=1S/C20H17NO3/c1-14-3-7-16(8-4-14)23-19-11-21-12-20(18(19)13-22)24-17-9-5-15(2)6-10-17/h3-13H,1-2H3. The van der Waals surface area contributed by atoms with Crippen molar-refractivity contribution < 1.29 is 14.3 Å². The van der Waals surface area contributed by atoms with Gasteiger partial charge in [-0.2, -0.15) is 0 Å². The molecule has 2 aromatic carbocycles. The molecular weight excluding hydrogens is 302 g/mol. The smallest absolute Gasteiger partial charge is 0.159 e. The third-order valence-electron chi connectivity index (χ3n) is 3.53. The highest BCUT2D eigenvalue weighted by molar-refractivity contribution is 5.83. The molecule has 0 bridgehead atoms. The van der Waals surface area contributed by atoms with E-state index in [1.807, 2.05) is 62.4 Å². The van der Waals surface area contributed by atoms with Crippen molar-refractivity contribution in [2.45, 2.75) is 13.8 Å². The first-order valence-corrected chi connectivity index (χ1v) is 7.58. The molecule has 1 heterocycles. The molecule has 0 aliphatic rings. The lowest BCUT2D eigenvalue weighted by atomic mass is 10.2. The Morgan fingerprint density at radius 3 is 1.54 bits per heavy atom. The number of aryl methyl sites for hydroxylation is 2. The van der Waals surface area contributed by atoms with E-state index < -0.39 is 0 Å². The second-order valence-electron chi connectivity index (χ2n) is 5.50. The lowest BCUT2D eigenvalue weighted by Gasteiger charge is -2.12. The van der Waals surface area contributed by atoms with Gasteiger partial charge in [-0.05, 0) is 38.1 Å². The molecule has 0 saturated carbocycles. The third-order valence-corrected chi connectivity index (χ3v) is 3.53. The van der Waals surface area contributed by atoms with Crippen molar-refractivity contribution in [1.82, 2.24) is 4.98 Å². The van der Waals surface area contributed by atoms with E-state index in [9.17, 15) is 4.79 Å². The van der Waals surface area contributed by atoms with Crippen molar-refractivity contribution in [2.24, 2.45) is 0 Å². The Hall–Kier alpha value is -3.14. The van der Waals surface area contributed by atoms with Crippen LogP contribution in [0.5, 0.6) is 23.0 Å². The first-order chi connectivity index (χ1) is 11.7. The summed E-state index contributed by atoms with van der Waals surface area (Å²) in [6.45, 7) is 4.00. The number of hydrogen-bond acceptors (Lipinski definition) is 4. The van der Waals surface area contributed by atoms with Gasteiger partial charge in [0, 0.05) is 0 Å². The van der Waals surface area contributed by atoms with E-state index in [1.165, 1.54) is 12.4 Å². The van der Waals surface area contributed by atoms with Crippen molar-refractivity contribution >= 4 is 6.29 Å². The van der Waals surface area contributed by atoms with Gasteiger partial charge in [0.15, 0.2) is 17.8 Å². The lowest BCUT2D eigenvalue weighted by Crippen LogP contribution is -1.96. The van der Waals surface area contributed by atoms with E-state index in [-0.39, 0.29) is 0 Å². The summed E-state index contributed by atoms with van der Waals surface area (Å²) >= 11 is 0. The van der Waals surface area contributed by atoms with Gasteiger partial charge in [-0.25, -0.2) is 0 Å². The molecule has 24 heavy (non-hydrogen) atoms. The second-order valence-corrected chi connectivity index (χ2v) is 5.50. The van der Waals surface area contributed by atoms with Crippen LogP contribution < -0.4 is 9.47 Å². The van der Waals surface area contributed by atoms with Crippen LogP contribution in [0.2, 0.25) is 0 Å². The van der Waals surface area contributed by atoms with Crippen LogP contribution in [0.1, 0.15) is 21.5 Å². The molecule has 0 aliphatic carbocycles. The van der Waals surface area contributed by atoms with Crippen LogP contribution in [0.25, 0.3) is 0 Å². The molecule has 0 atom stereocenters. The topological polar surface area (TPSA) is 48.4 Å². The van der Waals surface area contributed by atoms with Crippen LogP contribution in [-0.2, 0) is 0 Å². The number of rotatable bonds is 5. The number of aromatic nitrogens is 1. The Morgan fingerprint density at radius 2 is 1.17 bits per heavy atom. The largest absolute Gasteiger partial charge is 0.455 e. The quantitative estimate of drug-likeness (QED) is 0.614. The van der Waals surface area contributed by atoms with Crippen molar-refractivity contribution in [1.29, 1.82) is 0 Å². The highest BCUT2D eigenvalue weighted by atomic mass is 16.5. The van der Waals surface area contributed by atoms with Crippen LogP contribution in [0, 0.1) is 13.8 Å². The number of carbonyl (C=O) groups is 1. The summed E-state index contributed by atoms with van der Waals surface area (Å²) in [6, 6.07) is 15.1. The Morgan fingerprint density at radius 1 is 0.750 bits per heavy atom. The number of nitrogens with zero attached hydrogens (tertiary/aromatic N) is 1. The van der Waals surface area contributed by atoms with Crippen LogP contribution in [-0.4, -0.2) is 11.3 Å². The van der Waals surface area contributed by atoms with Crippen molar-refractivity contribution in [3.8, 4) is 23.0 Å². The third kappa shape index (κ3) is 3.60. The molecule has 0 amide bonds. The van der Waals surface area contributed by atoms with Gasteiger partial charge in [-0.15, -0.1) is 0 Å². The zero-order valence-corrected chi connectivity index (χ0v) is 13.5. The fourth-order valence-electron chi connectivity index (χ4n) is 2.18. The van der Waals surface area contributed by atoms with Crippen LogP contribution in [0.15, 0.2) is 60.9 Å². The van der Waals surface area contributed by atoms with Crippen LogP contribution in [0.4, 0.5) is 0 Å². The van der Waals surface area contributed by atoms with Crippen LogP contribution in [0.3, 0.4) is 0 Å². The molecule has 3 rings (SSSR count).